The number of rotatable bonds is 14. The number of carbonyl (C=O) groups excluding carboxylic acids is 4. The molecule has 5 rings (SSSR count). The summed E-state index contributed by atoms with van der Waals surface area (Å²) >= 11 is 2.25. The van der Waals surface area contributed by atoms with Crippen molar-refractivity contribution in [1.82, 2.24) is 0 Å². The molecule has 2 heterocycles. The number of fused-ring (bicyclic) bond motifs is 1. The van der Waals surface area contributed by atoms with Gasteiger partial charge in [0.1, 0.15) is 55.7 Å². The molecule has 0 saturated carbocycles. The smallest absolute Gasteiger partial charge is 0.333 e. The largest absolute Gasteiger partial charge is 0.490 e. The number of hydrogen-bond donors (Lipinski definition) is 2. The van der Waals surface area contributed by atoms with Gasteiger partial charge in [0.05, 0.1) is 25.4 Å². The number of aliphatic hydroxyl groups excluding tert-OH is 2. The molecule has 2 atom stereocenters. The first-order valence-electron chi connectivity index (χ1n) is 15.3. The van der Waals surface area contributed by atoms with Crippen LogP contribution in [0, 0.1) is 0 Å². The van der Waals surface area contributed by atoms with Crippen LogP contribution in [-0.2, 0) is 28.7 Å². The summed E-state index contributed by atoms with van der Waals surface area (Å²) in [6.45, 7) is 8.86. The predicted molar refractivity (Wildman–Crippen MR) is 188 cm³/mol. The summed E-state index contributed by atoms with van der Waals surface area (Å²) in [5.41, 5.74) is 1.29. The molecule has 2 amide bonds. The van der Waals surface area contributed by atoms with E-state index in [2.05, 4.69) is 13.2 Å². The number of benzene rings is 3. The first-order valence-corrected chi connectivity index (χ1v) is 16.9. The number of carbonyl (C=O) groups is 4. The summed E-state index contributed by atoms with van der Waals surface area (Å²) in [6.07, 6.45) is -2.34. The van der Waals surface area contributed by atoms with Crippen molar-refractivity contribution < 1.29 is 48.3 Å². The Morgan fingerprint density at radius 3 is 1.40 bits per heavy atom. The molecule has 2 unspecified atom stereocenters. The maximum atomic E-state index is 14.1. The van der Waals surface area contributed by atoms with Gasteiger partial charge in [-0.3, -0.25) is 9.59 Å². The molecule has 2 N–H and O–H groups in total. The van der Waals surface area contributed by atoms with Gasteiger partial charge in [-0.2, -0.15) is 0 Å². The highest BCUT2D eigenvalue weighted by Crippen LogP contribution is 2.59. The van der Waals surface area contributed by atoms with E-state index in [1.807, 2.05) is 12.1 Å². The molecule has 1 fully saturated rings. The molecule has 1 saturated heterocycles. The maximum absolute atomic E-state index is 14.1. The van der Waals surface area contributed by atoms with Crippen LogP contribution in [0.3, 0.4) is 0 Å². The van der Waals surface area contributed by atoms with Gasteiger partial charge in [-0.05, 0) is 50.2 Å². The normalized spacial score (nSPS) is 15.0. The third kappa shape index (κ3) is 8.22. The lowest BCUT2D eigenvalue weighted by Gasteiger charge is -2.27. The average Bonchev–Trinajstić information content (AvgIpc) is 3.66. The highest BCUT2D eigenvalue weighted by Gasteiger charge is 2.46. The zero-order valence-corrected chi connectivity index (χ0v) is 28.8. The molecule has 0 radical (unpaired) electrons. The van der Waals surface area contributed by atoms with Crippen molar-refractivity contribution in [3.63, 3.8) is 0 Å². The van der Waals surface area contributed by atoms with Crippen molar-refractivity contribution in [2.75, 3.05) is 36.4 Å². The highest BCUT2D eigenvalue weighted by molar-refractivity contribution is 8.25. The number of esters is 2. The van der Waals surface area contributed by atoms with Gasteiger partial charge in [-0.1, -0.05) is 73.1 Å². The Morgan fingerprint density at radius 2 is 1.04 bits per heavy atom. The number of ether oxygens (including phenoxy) is 4. The van der Waals surface area contributed by atoms with Gasteiger partial charge < -0.3 is 29.2 Å². The first-order chi connectivity index (χ1) is 24.0. The van der Waals surface area contributed by atoms with Crippen LogP contribution in [0.5, 0.6) is 11.5 Å². The van der Waals surface area contributed by atoms with Crippen molar-refractivity contribution in [3.05, 3.63) is 107 Å². The van der Waals surface area contributed by atoms with E-state index in [1.165, 1.54) is 23.9 Å². The van der Waals surface area contributed by atoms with Crippen molar-refractivity contribution in [2.24, 2.45) is 0 Å². The van der Waals surface area contributed by atoms with Gasteiger partial charge in [0, 0.05) is 11.1 Å². The van der Waals surface area contributed by atoms with E-state index in [0.717, 1.165) is 23.5 Å². The van der Waals surface area contributed by atoms with Gasteiger partial charge in [0.15, 0.2) is 0 Å². The number of nitrogens with zero attached hydrogens (tertiary/aromatic N) is 2. The Hall–Kier alpha value is -5.02. The minimum atomic E-state index is -1.17. The maximum Gasteiger partial charge on any atom is 0.333 e. The van der Waals surface area contributed by atoms with Crippen LogP contribution in [0.1, 0.15) is 13.8 Å². The number of para-hydroxylation sites is 2. The third-order valence-corrected chi connectivity index (χ3v) is 9.65. The number of hydrazine groups is 1. The van der Waals surface area contributed by atoms with E-state index in [9.17, 15) is 29.4 Å². The molecule has 3 aromatic carbocycles. The van der Waals surface area contributed by atoms with Gasteiger partial charge >= 0.3 is 11.9 Å². The summed E-state index contributed by atoms with van der Waals surface area (Å²) in [5.74, 6) is -1.76. The van der Waals surface area contributed by atoms with Crippen LogP contribution < -0.4 is 19.5 Å². The molecule has 0 spiro atoms. The molecule has 0 bridgehead atoms. The van der Waals surface area contributed by atoms with Crippen molar-refractivity contribution in [3.8, 4) is 11.5 Å². The van der Waals surface area contributed by atoms with Crippen LogP contribution in [0.25, 0.3) is 0 Å². The van der Waals surface area contributed by atoms with Gasteiger partial charge in [-0.25, -0.2) is 19.6 Å². The number of hydrogen-bond acceptors (Lipinski definition) is 12. The van der Waals surface area contributed by atoms with E-state index < -0.39 is 36.0 Å². The Bertz CT molecular complexity index is 1720. The fraction of sp³-hybridized carbons (Fsp3) is 0.222. The monoisotopic (exact) mass is 718 g/mol. The summed E-state index contributed by atoms with van der Waals surface area (Å²) in [4.78, 5) is 52.8. The van der Waals surface area contributed by atoms with Gasteiger partial charge in [-0.15, -0.1) is 0 Å². The molecule has 0 aromatic heterocycles. The van der Waals surface area contributed by atoms with E-state index in [-0.39, 0.29) is 43.1 Å². The molecule has 260 valence electrons. The molecule has 2 aliphatic heterocycles. The first kappa shape index (κ1) is 36.3. The second-order valence-electron chi connectivity index (χ2n) is 11.2. The average molecular weight is 719 g/mol. The Balaban J connectivity index is 1.45. The van der Waals surface area contributed by atoms with Crippen LogP contribution in [0.2, 0.25) is 0 Å². The van der Waals surface area contributed by atoms with E-state index in [0.29, 0.717) is 36.9 Å². The fourth-order valence-electron chi connectivity index (χ4n) is 4.58. The summed E-state index contributed by atoms with van der Waals surface area (Å²) < 4.78 is 22.3. The second-order valence-corrected chi connectivity index (χ2v) is 13.5. The molecule has 2 aliphatic rings. The SMILES string of the molecule is C=C(C)C(=O)OCC(O)COc1ccc(OCC(O)COC(=O)C(=C)C)c2c1SC(=C1C(=O)N(c3ccccc3)N(c3ccccc3)C1=O)S2. The van der Waals surface area contributed by atoms with Crippen LogP contribution >= 0.6 is 23.5 Å². The van der Waals surface area contributed by atoms with Gasteiger partial charge in [0.2, 0.25) is 0 Å². The third-order valence-electron chi connectivity index (χ3n) is 7.02. The molecular weight excluding hydrogens is 685 g/mol. The standard InChI is InChI=1S/C36H34N2O10S2/c1-21(2)34(43)47-19-25(39)17-45-27-15-16-28(46-18-26(40)20-48-35(44)22(3)4)31-30(27)49-36(50-31)29-32(41)37(23-11-7-5-8-12-23)38(33(29)42)24-13-9-6-10-14-24/h5-16,25-26,39-40H,1,3,17-20H2,2,4H3. The highest BCUT2D eigenvalue weighted by atomic mass is 32.2. The molecule has 0 aliphatic carbocycles. The van der Waals surface area contributed by atoms with Crippen LogP contribution in [0.4, 0.5) is 11.4 Å². The minimum Gasteiger partial charge on any atom is -0.490 e. The zero-order valence-electron chi connectivity index (χ0n) is 27.2. The van der Waals surface area contributed by atoms with Gasteiger partial charge in [0.25, 0.3) is 11.8 Å². The fourth-order valence-corrected chi connectivity index (χ4v) is 7.26. The molecular formula is C36H34N2O10S2. The van der Waals surface area contributed by atoms with Crippen LogP contribution in [-0.4, -0.2) is 72.6 Å². The predicted octanol–water partition coefficient (Wildman–Crippen LogP) is 4.81. The Labute approximate surface area is 296 Å². The number of thioether (sulfide) groups is 2. The Kier molecular flexibility index (Phi) is 11.7. The second kappa shape index (κ2) is 16.1. The lowest BCUT2D eigenvalue weighted by Crippen LogP contribution is -2.41. The van der Waals surface area contributed by atoms with E-state index >= 15 is 0 Å². The number of anilines is 2. The molecule has 12 nitrogen and oxygen atoms in total. The minimum absolute atomic E-state index is 0.0701. The van der Waals surface area contributed by atoms with E-state index in [4.69, 9.17) is 18.9 Å². The molecule has 3 aromatic rings. The quantitative estimate of drug-likeness (QED) is 0.134. The summed E-state index contributed by atoms with van der Waals surface area (Å²) in [6, 6.07) is 20.8. The van der Waals surface area contributed by atoms with Crippen molar-refractivity contribution >= 4 is 58.7 Å². The number of aliphatic hydroxyl groups is 2. The summed E-state index contributed by atoms with van der Waals surface area (Å²) in [5, 5.41) is 23.5. The number of amides is 2. The topological polar surface area (TPSA) is 152 Å². The lowest BCUT2D eigenvalue weighted by molar-refractivity contribution is -0.143. The molecule has 50 heavy (non-hydrogen) atoms. The van der Waals surface area contributed by atoms with Crippen LogP contribution in [0.15, 0.2) is 117 Å². The molecule has 14 heteroatoms. The summed E-state index contributed by atoms with van der Waals surface area (Å²) in [7, 11) is 0. The lowest BCUT2D eigenvalue weighted by atomic mass is 10.2. The zero-order chi connectivity index (χ0) is 35.9. The van der Waals surface area contributed by atoms with Crippen molar-refractivity contribution in [1.29, 1.82) is 0 Å². The van der Waals surface area contributed by atoms with E-state index in [1.54, 1.807) is 60.7 Å². The van der Waals surface area contributed by atoms with Crippen molar-refractivity contribution in [2.45, 2.75) is 35.8 Å². The Morgan fingerprint density at radius 1 is 0.660 bits per heavy atom.